The van der Waals surface area contributed by atoms with Crippen molar-refractivity contribution in [3.05, 3.63) is 33.8 Å². The summed E-state index contributed by atoms with van der Waals surface area (Å²) in [4.78, 5) is 23.9. The van der Waals surface area contributed by atoms with Crippen molar-refractivity contribution in [2.45, 2.75) is 37.8 Å². The first-order chi connectivity index (χ1) is 11.8. The molecule has 138 valence electrons. The molecule has 1 aromatic rings. The third kappa shape index (κ3) is 5.31. The van der Waals surface area contributed by atoms with Crippen LogP contribution in [-0.2, 0) is 24.6 Å². The minimum atomic E-state index is -1.61. The Kier molecular flexibility index (Phi) is 7.07. The van der Waals surface area contributed by atoms with Gasteiger partial charge in [0, 0.05) is 13.2 Å². The average molecular weight is 390 g/mol. The van der Waals surface area contributed by atoms with Crippen LogP contribution in [0, 0.1) is 0 Å². The second-order valence-corrected chi connectivity index (χ2v) is 6.85. The number of carboxylic acid groups (broad SMARTS) is 1. The van der Waals surface area contributed by atoms with E-state index in [2.05, 4.69) is 5.32 Å². The highest BCUT2D eigenvalue weighted by Crippen LogP contribution is 2.29. The molecule has 1 aliphatic heterocycles. The van der Waals surface area contributed by atoms with Crippen molar-refractivity contribution in [3.8, 4) is 0 Å². The average Bonchev–Trinajstić information content (AvgIpc) is 2.58. The van der Waals surface area contributed by atoms with Gasteiger partial charge in [0.2, 0.25) is 5.91 Å². The second kappa shape index (κ2) is 8.85. The number of carbonyl (C=O) groups excluding carboxylic acids is 1. The summed E-state index contributed by atoms with van der Waals surface area (Å²) in [5.41, 5.74) is -1.27. The Morgan fingerprint density at radius 3 is 2.60 bits per heavy atom. The van der Waals surface area contributed by atoms with Crippen LogP contribution in [0.2, 0.25) is 10.0 Å². The van der Waals surface area contributed by atoms with E-state index in [0.29, 0.717) is 23.8 Å². The lowest BCUT2D eigenvalue weighted by atomic mass is 9.92. The van der Waals surface area contributed by atoms with Gasteiger partial charge in [0.25, 0.3) is 0 Å². The monoisotopic (exact) mass is 389 g/mol. The first kappa shape index (κ1) is 20.0. The second-order valence-electron chi connectivity index (χ2n) is 6.04. The fourth-order valence-electron chi connectivity index (χ4n) is 2.56. The summed E-state index contributed by atoms with van der Waals surface area (Å²) in [6.45, 7) is 2.95. The lowest BCUT2D eigenvalue weighted by Crippen LogP contribution is -2.49. The zero-order valence-electron chi connectivity index (χ0n) is 13.9. The molecule has 0 bridgehead atoms. The highest BCUT2D eigenvalue weighted by Gasteiger charge is 2.37. The SMILES string of the molecule is CC(NC(=O)CCOC1CCOCC1)(C(=O)O)c1ccc(Cl)c(Cl)c1. The summed E-state index contributed by atoms with van der Waals surface area (Å²) >= 11 is 11.8. The van der Waals surface area contributed by atoms with E-state index >= 15 is 0 Å². The van der Waals surface area contributed by atoms with E-state index in [1.54, 1.807) is 0 Å². The molecule has 2 rings (SSSR count). The summed E-state index contributed by atoms with van der Waals surface area (Å²) < 4.78 is 10.9. The van der Waals surface area contributed by atoms with Crippen molar-refractivity contribution in [2.75, 3.05) is 19.8 Å². The minimum Gasteiger partial charge on any atom is -0.479 e. The molecule has 0 radical (unpaired) electrons. The van der Waals surface area contributed by atoms with E-state index in [1.165, 1.54) is 25.1 Å². The standard InChI is InChI=1S/C17H21Cl2NO5/c1-17(16(22)23,11-2-3-13(18)14(19)10-11)20-15(21)6-9-25-12-4-7-24-8-5-12/h2-3,10,12H,4-9H2,1H3,(H,20,21)(H,22,23). The first-order valence-electron chi connectivity index (χ1n) is 8.02. The van der Waals surface area contributed by atoms with Gasteiger partial charge in [-0.3, -0.25) is 4.79 Å². The predicted molar refractivity (Wildman–Crippen MR) is 94.0 cm³/mol. The third-order valence-electron chi connectivity index (χ3n) is 4.17. The van der Waals surface area contributed by atoms with E-state index in [-0.39, 0.29) is 24.2 Å². The Bertz CT molecular complexity index is 633. The van der Waals surface area contributed by atoms with Crippen molar-refractivity contribution in [3.63, 3.8) is 0 Å². The fraction of sp³-hybridized carbons (Fsp3) is 0.529. The Morgan fingerprint density at radius 1 is 1.32 bits per heavy atom. The number of hydrogen-bond acceptors (Lipinski definition) is 4. The molecule has 0 spiro atoms. The van der Waals surface area contributed by atoms with Crippen molar-refractivity contribution >= 4 is 35.1 Å². The molecular weight excluding hydrogens is 369 g/mol. The smallest absolute Gasteiger partial charge is 0.333 e. The largest absolute Gasteiger partial charge is 0.479 e. The van der Waals surface area contributed by atoms with Gasteiger partial charge in [0.15, 0.2) is 5.54 Å². The van der Waals surface area contributed by atoms with Gasteiger partial charge in [0.1, 0.15) is 0 Å². The number of nitrogens with one attached hydrogen (secondary N) is 1. The first-order valence-corrected chi connectivity index (χ1v) is 8.78. The number of carbonyl (C=O) groups is 2. The molecule has 1 aromatic carbocycles. The molecule has 0 saturated carbocycles. The summed E-state index contributed by atoms with van der Waals surface area (Å²) in [5, 5.41) is 12.7. The third-order valence-corrected chi connectivity index (χ3v) is 4.90. The summed E-state index contributed by atoms with van der Waals surface area (Å²) in [6, 6.07) is 4.47. The number of benzene rings is 1. The van der Waals surface area contributed by atoms with Crippen LogP contribution in [0.25, 0.3) is 0 Å². The van der Waals surface area contributed by atoms with Crippen molar-refractivity contribution in [2.24, 2.45) is 0 Å². The van der Waals surface area contributed by atoms with Crippen LogP contribution in [0.4, 0.5) is 0 Å². The summed E-state index contributed by atoms with van der Waals surface area (Å²) in [5.74, 6) is -1.60. The zero-order valence-corrected chi connectivity index (χ0v) is 15.4. The number of hydrogen-bond donors (Lipinski definition) is 2. The van der Waals surface area contributed by atoms with Crippen molar-refractivity contribution in [1.29, 1.82) is 0 Å². The molecule has 1 heterocycles. The van der Waals surface area contributed by atoms with Gasteiger partial charge in [-0.15, -0.1) is 0 Å². The number of amides is 1. The van der Waals surface area contributed by atoms with Gasteiger partial charge in [-0.25, -0.2) is 4.79 Å². The Balaban J connectivity index is 1.96. The number of ether oxygens (including phenoxy) is 2. The van der Waals surface area contributed by atoms with Crippen LogP contribution in [-0.4, -0.2) is 42.9 Å². The lowest BCUT2D eigenvalue weighted by Gasteiger charge is -2.27. The number of aliphatic carboxylic acids is 1. The quantitative estimate of drug-likeness (QED) is 0.748. The summed E-state index contributed by atoms with van der Waals surface area (Å²) in [7, 11) is 0. The molecule has 8 heteroatoms. The molecule has 1 atom stereocenters. The molecule has 0 aliphatic carbocycles. The topological polar surface area (TPSA) is 84.9 Å². The van der Waals surface area contributed by atoms with Crippen molar-refractivity contribution < 1.29 is 24.2 Å². The van der Waals surface area contributed by atoms with Crippen LogP contribution in [0.3, 0.4) is 0 Å². The Morgan fingerprint density at radius 2 is 2.00 bits per heavy atom. The molecular formula is C17H21Cl2NO5. The molecule has 1 amide bonds. The molecule has 2 N–H and O–H groups in total. The van der Waals surface area contributed by atoms with Gasteiger partial charge in [0.05, 0.1) is 29.2 Å². The maximum absolute atomic E-state index is 12.2. The van der Waals surface area contributed by atoms with E-state index < -0.39 is 17.4 Å². The summed E-state index contributed by atoms with van der Waals surface area (Å²) in [6.07, 6.45) is 1.76. The molecule has 1 fully saturated rings. The predicted octanol–water partition coefficient (Wildman–Crippen LogP) is 3.00. The maximum atomic E-state index is 12.2. The fourth-order valence-corrected chi connectivity index (χ4v) is 2.86. The number of carboxylic acids is 1. The molecule has 6 nitrogen and oxygen atoms in total. The van der Waals surface area contributed by atoms with Gasteiger partial charge >= 0.3 is 5.97 Å². The minimum absolute atomic E-state index is 0.0710. The Labute approximate surface area is 156 Å². The highest BCUT2D eigenvalue weighted by molar-refractivity contribution is 6.42. The van der Waals surface area contributed by atoms with Crippen LogP contribution < -0.4 is 5.32 Å². The van der Waals surface area contributed by atoms with E-state index in [4.69, 9.17) is 32.7 Å². The van der Waals surface area contributed by atoms with Crippen LogP contribution >= 0.6 is 23.2 Å². The molecule has 1 unspecified atom stereocenters. The van der Waals surface area contributed by atoms with Gasteiger partial charge in [-0.1, -0.05) is 29.3 Å². The van der Waals surface area contributed by atoms with Crippen LogP contribution in [0.1, 0.15) is 31.7 Å². The number of rotatable bonds is 7. The molecule has 0 aromatic heterocycles. The van der Waals surface area contributed by atoms with Gasteiger partial charge < -0.3 is 19.9 Å². The van der Waals surface area contributed by atoms with Gasteiger partial charge in [-0.2, -0.15) is 0 Å². The van der Waals surface area contributed by atoms with E-state index in [1.807, 2.05) is 0 Å². The molecule has 1 aliphatic rings. The lowest BCUT2D eigenvalue weighted by molar-refractivity contribution is -0.147. The van der Waals surface area contributed by atoms with Crippen LogP contribution in [0.5, 0.6) is 0 Å². The number of halogens is 2. The Hall–Kier alpha value is -1.34. The van der Waals surface area contributed by atoms with E-state index in [9.17, 15) is 14.7 Å². The van der Waals surface area contributed by atoms with Crippen molar-refractivity contribution in [1.82, 2.24) is 5.32 Å². The van der Waals surface area contributed by atoms with E-state index in [0.717, 1.165) is 12.8 Å². The maximum Gasteiger partial charge on any atom is 0.333 e. The molecule has 25 heavy (non-hydrogen) atoms. The van der Waals surface area contributed by atoms with Crippen LogP contribution in [0.15, 0.2) is 18.2 Å². The highest BCUT2D eigenvalue weighted by atomic mass is 35.5. The zero-order chi connectivity index (χ0) is 18.4. The molecule has 1 saturated heterocycles. The van der Waals surface area contributed by atoms with Gasteiger partial charge in [-0.05, 0) is 37.5 Å². The normalized spacial score (nSPS) is 17.7.